The quantitative estimate of drug-likeness (QED) is 0.695. The van der Waals surface area contributed by atoms with Gasteiger partial charge in [-0.25, -0.2) is 4.39 Å². The van der Waals surface area contributed by atoms with Crippen molar-refractivity contribution in [3.05, 3.63) is 67.9 Å². The van der Waals surface area contributed by atoms with Gasteiger partial charge in [0.15, 0.2) is 5.78 Å². The molecule has 0 N–H and O–H groups in total. The summed E-state index contributed by atoms with van der Waals surface area (Å²) in [5.74, 6) is -0.917. The van der Waals surface area contributed by atoms with Gasteiger partial charge in [-0.15, -0.1) is 0 Å². The molecule has 0 amide bonds. The lowest BCUT2D eigenvalue weighted by Crippen LogP contribution is -2.08. The zero-order valence-electron chi connectivity index (χ0n) is 10.4. The van der Waals surface area contributed by atoms with E-state index >= 15 is 0 Å². The molecule has 2 aromatic rings. The Morgan fingerprint density at radius 2 is 1.89 bits per heavy atom. The fourth-order valence-corrected chi connectivity index (χ4v) is 2.57. The number of rotatable bonds is 2. The second-order valence-corrected chi connectivity index (χ2v) is 5.71. The maximum atomic E-state index is 14.0. The van der Waals surface area contributed by atoms with Crippen LogP contribution >= 0.6 is 27.5 Å². The van der Waals surface area contributed by atoms with Crippen molar-refractivity contribution in [3.63, 3.8) is 0 Å². The van der Waals surface area contributed by atoms with E-state index in [2.05, 4.69) is 15.9 Å². The topological polar surface area (TPSA) is 17.1 Å². The Balaban J connectivity index is 2.59. The Bertz CT molecular complexity index is 644. The molecule has 0 heterocycles. The second kappa shape index (κ2) is 5.43. The molecule has 2 aromatic carbocycles. The van der Waals surface area contributed by atoms with Crippen LogP contribution in [-0.2, 0) is 0 Å². The molecular formula is C15H11BrClFO. The second-order valence-electron chi connectivity index (χ2n) is 4.39. The third-order valence-electron chi connectivity index (χ3n) is 2.83. The van der Waals surface area contributed by atoms with Crippen molar-refractivity contribution >= 4 is 33.3 Å². The van der Waals surface area contributed by atoms with Crippen LogP contribution in [0.1, 0.15) is 27.0 Å². The van der Waals surface area contributed by atoms with Gasteiger partial charge in [-0.2, -0.15) is 0 Å². The molecule has 0 aliphatic heterocycles. The van der Waals surface area contributed by atoms with Crippen molar-refractivity contribution in [1.82, 2.24) is 0 Å². The number of ketones is 1. The van der Waals surface area contributed by atoms with Crippen LogP contribution in [-0.4, -0.2) is 5.78 Å². The summed E-state index contributed by atoms with van der Waals surface area (Å²) >= 11 is 9.29. The van der Waals surface area contributed by atoms with Gasteiger partial charge in [-0.05, 0) is 49.2 Å². The van der Waals surface area contributed by atoms with Gasteiger partial charge in [0.2, 0.25) is 0 Å². The summed E-state index contributed by atoms with van der Waals surface area (Å²) in [7, 11) is 0. The fraction of sp³-hybridized carbons (Fsp3) is 0.133. The molecule has 0 saturated carbocycles. The van der Waals surface area contributed by atoms with Crippen LogP contribution in [0.5, 0.6) is 0 Å². The maximum Gasteiger partial charge on any atom is 0.197 e. The normalized spacial score (nSPS) is 10.6. The number of benzene rings is 2. The van der Waals surface area contributed by atoms with Crippen molar-refractivity contribution in [2.24, 2.45) is 0 Å². The van der Waals surface area contributed by atoms with Crippen molar-refractivity contribution in [2.45, 2.75) is 13.8 Å². The minimum atomic E-state index is -0.515. The first kappa shape index (κ1) is 14.2. The molecule has 0 aromatic heterocycles. The highest BCUT2D eigenvalue weighted by Gasteiger charge is 2.19. The number of carbonyl (C=O) groups is 1. The van der Waals surface area contributed by atoms with E-state index in [-0.39, 0.29) is 5.56 Å². The standard InChI is InChI=1S/C15H11BrClFO/c1-8-5-9(2)14(13(18)6-8)15(19)11-7-10(16)3-4-12(11)17/h3-7H,1-2H3. The summed E-state index contributed by atoms with van der Waals surface area (Å²) in [6, 6.07) is 8.08. The Hall–Kier alpha value is -1.19. The largest absolute Gasteiger partial charge is 0.288 e. The van der Waals surface area contributed by atoms with E-state index in [0.717, 1.165) is 10.0 Å². The van der Waals surface area contributed by atoms with E-state index < -0.39 is 11.6 Å². The zero-order valence-corrected chi connectivity index (χ0v) is 12.8. The van der Waals surface area contributed by atoms with Crippen LogP contribution in [0.15, 0.2) is 34.8 Å². The summed E-state index contributed by atoms with van der Waals surface area (Å²) < 4.78 is 14.7. The first-order valence-corrected chi connectivity index (χ1v) is 6.83. The molecule has 1 nitrogen and oxygen atoms in total. The fourth-order valence-electron chi connectivity index (χ4n) is 2.01. The zero-order chi connectivity index (χ0) is 14.2. The van der Waals surface area contributed by atoms with Gasteiger partial charge in [0.05, 0.1) is 10.6 Å². The molecule has 0 bridgehead atoms. The molecule has 0 aliphatic carbocycles. The van der Waals surface area contributed by atoms with Crippen molar-refractivity contribution in [1.29, 1.82) is 0 Å². The number of carbonyl (C=O) groups excluding carboxylic acids is 1. The van der Waals surface area contributed by atoms with Crippen LogP contribution in [0.4, 0.5) is 4.39 Å². The van der Waals surface area contributed by atoms with Crippen LogP contribution in [0.2, 0.25) is 5.02 Å². The van der Waals surface area contributed by atoms with E-state index in [9.17, 15) is 9.18 Å². The van der Waals surface area contributed by atoms with E-state index in [1.165, 1.54) is 6.07 Å². The highest BCUT2D eigenvalue weighted by molar-refractivity contribution is 9.10. The lowest BCUT2D eigenvalue weighted by Gasteiger charge is -2.09. The minimum Gasteiger partial charge on any atom is -0.288 e. The van der Waals surface area contributed by atoms with Gasteiger partial charge < -0.3 is 0 Å². The highest BCUT2D eigenvalue weighted by Crippen LogP contribution is 2.26. The van der Waals surface area contributed by atoms with Gasteiger partial charge >= 0.3 is 0 Å². The smallest absolute Gasteiger partial charge is 0.197 e. The Morgan fingerprint density at radius 1 is 1.21 bits per heavy atom. The minimum absolute atomic E-state index is 0.0746. The lowest BCUT2D eigenvalue weighted by molar-refractivity contribution is 0.103. The van der Waals surface area contributed by atoms with E-state index in [1.54, 1.807) is 38.1 Å². The molecule has 4 heteroatoms. The van der Waals surface area contributed by atoms with Crippen LogP contribution in [0, 0.1) is 19.7 Å². The van der Waals surface area contributed by atoms with Crippen molar-refractivity contribution < 1.29 is 9.18 Å². The van der Waals surface area contributed by atoms with E-state index in [1.807, 2.05) is 0 Å². The molecule has 0 saturated heterocycles. The van der Waals surface area contributed by atoms with Gasteiger partial charge in [-0.3, -0.25) is 4.79 Å². The molecule has 98 valence electrons. The summed E-state index contributed by atoms with van der Waals surface area (Å²) in [6.07, 6.45) is 0. The van der Waals surface area contributed by atoms with Gasteiger partial charge in [0, 0.05) is 10.0 Å². The monoisotopic (exact) mass is 340 g/mol. The first-order chi connectivity index (χ1) is 8.90. The Labute approximate surface area is 124 Å². The van der Waals surface area contributed by atoms with Crippen molar-refractivity contribution in [3.8, 4) is 0 Å². The molecule has 0 unspecified atom stereocenters. The Morgan fingerprint density at radius 3 is 2.53 bits per heavy atom. The molecule has 19 heavy (non-hydrogen) atoms. The van der Waals surface area contributed by atoms with Gasteiger partial charge in [0.25, 0.3) is 0 Å². The van der Waals surface area contributed by atoms with Crippen molar-refractivity contribution in [2.75, 3.05) is 0 Å². The highest BCUT2D eigenvalue weighted by atomic mass is 79.9. The number of hydrogen-bond acceptors (Lipinski definition) is 1. The number of hydrogen-bond donors (Lipinski definition) is 0. The molecule has 0 radical (unpaired) electrons. The van der Waals surface area contributed by atoms with Crippen LogP contribution < -0.4 is 0 Å². The Kier molecular flexibility index (Phi) is 4.07. The van der Waals surface area contributed by atoms with Crippen LogP contribution in [0.25, 0.3) is 0 Å². The first-order valence-electron chi connectivity index (χ1n) is 5.66. The number of halogens is 3. The number of aryl methyl sites for hydroxylation is 2. The summed E-state index contributed by atoms with van der Waals surface area (Å²) in [5.41, 5.74) is 1.76. The predicted molar refractivity (Wildman–Crippen MR) is 78.5 cm³/mol. The molecule has 0 aliphatic rings. The SMILES string of the molecule is Cc1cc(C)c(C(=O)c2cc(Br)ccc2Cl)c(F)c1. The molecular weight excluding hydrogens is 331 g/mol. The third kappa shape index (κ3) is 2.88. The molecule has 2 rings (SSSR count). The van der Waals surface area contributed by atoms with Gasteiger partial charge in [0.1, 0.15) is 5.82 Å². The average molecular weight is 342 g/mol. The third-order valence-corrected chi connectivity index (χ3v) is 3.65. The molecule has 0 fully saturated rings. The van der Waals surface area contributed by atoms with E-state index in [4.69, 9.17) is 11.6 Å². The summed E-state index contributed by atoms with van der Waals surface area (Å²) in [4.78, 5) is 12.4. The summed E-state index contributed by atoms with van der Waals surface area (Å²) in [6.45, 7) is 3.51. The predicted octanol–water partition coefficient (Wildman–Crippen LogP) is 5.09. The van der Waals surface area contributed by atoms with E-state index in [0.29, 0.717) is 16.1 Å². The van der Waals surface area contributed by atoms with Crippen LogP contribution in [0.3, 0.4) is 0 Å². The molecule has 0 atom stereocenters. The van der Waals surface area contributed by atoms with Gasteiger partial charge in [-0.1, -0.05) is 33.6 Å². The molecule has 0 spiro atoms. The average Bonchev–Trinajstić information content (AvgIpc) is 2.30. The maximum absolute atomic E-state index is 14.0. The lowest BCUT2D eigenvalue weighted by atomic mass is 9.97. The summed E-state index contributed by atoms with van der Waals surface area (Å²) in [5, 5.41) is 0.313.